The van der Waals surface area contributed by atoms with Crippen molar-refractivity contribution in [1.82, 2.24) is 0 Å². The van der Waals surface area contributed by atoms with E-state index in [1.165, 1.54) is 24.3 Å². The lowest BCUT2D eigenvalue weighted by Crippen LogP contribution is -2.61. The summed E-state index contributed by atoms with van der Waals surface area (Å²) in [7, 11) is 0. The summed E-state index contributed by atoms with van der Waals surface area (Å²) in [6.07, 6.45) is -7.72. The highest BCUT2D eigenvalue weighted by Crippen LogP contribution is 2.27. The number of aliphatic hydroxyl groups excluding tert-OH is 2. The molecule has 0 aromatic heterocycles. The van der Waals surface area contributed by atoms with Crippen molar-refractivity contribution in [1.29, 1.82) is 0 Å². The van der Waals surface area contributed by atoms with Crippen molar-refractivity contribution in [2.75, 3.05) is 6.61 Å². The van der Waals surface area contributed by atoms with Gasteiger partial charge in [-0.15, -0.1) is 0 Å². The summed E-state index contributed by atoms with van der Waals surface area (Å²) < 4.78 is 21.5. The van der Waals surface area contributed by atoms with Crippen LogP contribution in [0.5, 0.6) is 0 Å². The molecule has 1 heterocycles. The van der Waals surface area contributed by atoms with Crippen LogP contribution in [0.1, 0.15) is 31.1 Å². The number of carbonyl (C=O) groups excluding carboxylic acids is 3. The average Bonchev–Trinajstić information content (AvgIpc) is 2.92. The number of hydrogen-bond acceptors (Lipinski definition) is 9. The molecule has 1 aliphatic heterocycles. The summed E-state index contributed by atoms with van der Waals surface area (Å²) in [6.45, 7) is -0.454. The topological polar surface area (TPSA) is 129 Å². The number of ether oxygens (including phenoxy) is 4. The molecule has 9 heteroatoms. The molecule has 2 N–H and O–H groups in total. The number of carbonyl (C=O) groups is 3. The predicted octanol–water partition coefficient (Wildman–Crippen LogP) is 2.37. The van der Waals surface area contributed by atoms with Gasteiger partial charge in [-0.3, -0.25) is 0 Å². The molecule has 3 aromatic carbocycles. The highest BCUT2D eigenvalue weighted by atomic mass is 16.7. The van der Waals surface area contributed by atoms with Crippen LogP contribution in [0.15, 0.2) is 91.0 Å². The van der Waals surface area contributed by atoms with E-state index in [1.807, 2.05) is 0 Å². The second kappa shape index (κ2) is 11.6. The van der Waals surface area contributed by atoms with Gasteiger partial charge >= 0.3 is 17.9 Å². The fourth-order valence-corrected chi connectivity index (χ4v) is 3.65. The van der Waals surface area contributed by atoms with E-state index in [1.54, 1.807) is 66.7 Å². The zero-order chi connectivity index (χ0) is 25.5. The Morgan fingerprint density at radius 2 is 1.06 bits per heavy atom. The quantitative estimate of drug-likeness (QED) is 0.377. The monoisotopic (exact) mass is 492 g/mol. The Labute approximate surface area is 206 Å². The zero-order valence-corrected chi connectivity index (χ0v) is 19.0. The lowest BCUT2D eigenvalue weighted by molar-refractivity contribution is -0.284. The number of benzene rings is 3. The minimum Gasteiger partial charge on any atom is -0.459 e. The molecule has 186 valence electrons. The third-order valence-corrected chi connectivity index (χ3v) is 5.53. The Bertz CT molecular complexity index is 1170. The minimum absolute atomic E-state index is 0.186. The molecule has 9 nitrogen and oxygen atoms in total. The van der Waals surface area contributed by atoms with E-state index in [0.29, 0.717) is 0 Å². The Kier molecular flexibility index (Phi) is 8.06. The van der Waals surface area contributed by atoms with Crippen LogP contribution in [-0.4, -0.2) is 65.4 Å². The van der Waals surface area contributed by atoms with Crippen LogP contribution in [0.3, 0.4) is 0 Å². The molecule has 0 bridgehead atoms. The average molecular weight is 492 g/mol. The summed E-state index contributed by atoms with van der Waals surface area (Å²) in [6, 6.07) is 24.1. The van der Waals surface area contributed by atoms with Gasteiger partial charge in [-0.1, -0.05) is 54.6 Å². The highest BCUT2D eigenvalue weighted by Gasteiger charge is 2.50. The molecular formula is C27H24O9. The molecule has 36 heavy (non-hydrogen) atoms. The molecule has 5 atom stereocenters. The summed E-state index contributed by atoms with van der Waals surface area (Å²) in [5, 5.41) is 21.6. The minimum atomic E-state index is -1.78. The first-order valence-electron chi connectivity index (χ1n) is 11.2. The van der Waals surface area contributed by atoms with Crippen LogP contribution >= 0.6 is 0 Å². The maximum Gasteiger partial charge on any atom is 0.338 e. The summed E-state index contributed by atoms with van der Waals surface area (Å²) in [5.41, 5.74) is 0.655. The van der Waals surface area contributed by atoms with Crippen LogP contribution in [-0.2, 0) is 18.9 Å². The van der Waals surface area contributed by atoms with Gasteiger partial charge in [0.05, 0.1) is 16.7 Å². The second-order valence-electron chi connectivity index (χ2n) is 7.99. The van der Waals surface area contributed by atoms with E-state index < -0.39 is 55.2 Å². The van der Waals surface area contributed by atoms with Gasteiger partial charge in [0.25, 0.3) is 0 Å². The van der Waals surface area contributed by atoms with Gasteiger partial charge in [-0.25, -0.2) is 14.4 Å². The van der Waals surface area contributed by atoms with E-state index >= 15 is 0 Å². The van der Waals surface area contributed by atoms with Crippen molar-refractivity contribution < 1.29 is 43.5 Å². The first kappa shape index (κ1) is 25.1. The Morgan fingerprint density at radius 3 is 1.53 bits per heavy atom. The van der Waals surface area contributed by atoms with Crippen molar-refractivity contribution in [3.8, 4) is 0 Å². The molecule has 3 aromatic rings. The number of rotatable bonds is 7. The largest absolute Gasteiger partial charge is 0.459 e. The smallest absolute Gasteiger partial charge is 0.338 e. The van der Waals surface area contributed by atoms with Crippen LogP contribution in [0.25, 0.3) is 0 Å². The van der Waals surface area contributed by atoms with Crippen LogP contribution < -0.4 is 0 Å². The first-order chi connectivity index (χ1) is 17.4. The molecule has 0 radical (unpaired) electrons. The van der Waals surface area contributed by atoms with Gasteiger partial charge in [0.2, 0.25) is 0 Å². The lowest BCUT2D eigenvalue weighted by Gasteiger charge is -2.41. The van der Waals surface area contributed by atoms with Gasteiger partial charge in [0.15, 0.2) is 18.5 Å². The van der Waals surface area contributed by atoms with Gasteiger partial charge in [0, 0.05) is 0 Å². The molecule has 0 spiro atoms. The molecule has 0 amide bonds. The molecular weight excluding hydrogens is 468 g/mol. The SMILES string of the molecule is O=C(OCC1O[C@@H](O)[C@@H](OC(=O)c2ccccc2)C(OC(=O)c2ccccc2)[C@@H]1O)c1ccccc1. The number of hydrogen-bond donors (Lipinski definition) is 2. The van der Waals surface area contributed by atoms with Crippen molar-refractivity contribution in [2.45, 2.75) is 30.7 Å². The van der Waals surface area contributed by atoms with E-state index in [4.69, 9.17) is 18.9 Å². The van der Waals surface area contributed by atoms with E-state index in [0.717, 1.165) is 0 Å². The van der Waals surface area contributed by atoms with E-state index in [2.05, 4.69) is 0 Å². The van der Waals surface area contributed by atoms with Crippen molar-refractivity contribution in [2.24, 2.45) is 0 Å². The van der Waals surface area contributed by atoms with Crippen LogP contribution in [0, 0.1) is 0 Å². The Hall–Kier alpha value is -4.05. The maximum absolute atomic E-state index is 12.7. The first-order valence-corrected chi connectivity index (χ1v) is 11.2. The molecule has 0 aliphatic carbocycles. The van der Waals surface area contributed by atoms with Crippen molar-refractivity contribution in [3.05, 3.63) is 108 Å². The molecule has 2 unspecified atom stereocenters. The van der Waals surface area contributed by atoms with E-state index in [-0.39, 0.29) is 16.7 Å². The van der Waals surface area contributed by atoms with E-state index in [9.17, 15) is 24.6 Å². The molecule has 1 saturated heterocycles. The number of aliphatic hydroxyl groups is 2. The Morgan fingerprint density at radius 1 is 0.639 bits per heavy atom. The van der Waals surface area contributed by atoms with Crippen LogP contribution in [0.4, 0.5) is 0 Å². The van der Waals surface area contributed by atoms with Crippen molar-refractivity contribution >= 4 is 17.9 Å². The van der Waals surface area contributed by atoms with Gasteiger partial charge in [0.1, 0.15) is 18.8 Å². The molecule has 1 fully saturated rings. The lowest BCUT2D eigenvalue weighted by atomic mass is 9.98. The standard InChI is InChI=1S/C27H24O9/c28-21-20(16-33-24(29)17-10-4-1-5-11-17)34-27(32)23(36-26(31)19-14-8-3-9-15-19)22(21)35-25(30)18-12-6-2-7-13-18/h1-15,20-23,27-28,32H,16H2/t20?,21-,22?,23+,27-/m1/s1. The van der Waals surface area contributed by atoms with Gasteiger partial charge in [-0.05, 0) is 36.4 Å². The molecule has 1 aliphatic rings. The maximum atomic E-state index is 12.7. The number of esters is 3. The fraction of sp³-hybridized carbons (Fsp3) is 0.222. The second-order valence-corrected chi connectivity index (χ2v) is 7.99. The Balaban J connectivity index is 1.52. The predicted molar refractivity (Wildman–Crippen MR) is 125 cm³/mol. The summed E-state index contributed by atoms with van der Waals surface area (Å²) in [4.78, 5) is 37.7. The van der Waals surface area contributed by atoms with Gasteiger partial charge < -0.3 is 29.2 Å². The third-order valence-electron chi connectivity index (χ3n) is 5.53. The molecule has 0 saturated carbocycles. The normalized spacial score (nSPS) is 23.3. The third kappa shape index (κ3) is 5.95. The molecule has 4 rings (SSSR count). The van der Waals surface area contributed by atoms with Crippen molar-refractivity contribution in [3.63, 3.8) is 0 Å². The zero-order valence-electron chi connectivity index (χ0n) is 19.0. The van der Waals surface area contributed by atoms with Gasteiger partial charge in [-0.2, -0.15) is 0 Å². The van der Waals surface area contributed by atoms with Crippen LogP contribution in [0.2, 0.25) is 0 Å². The highest BCUT2D eigenvalue weighted by molar-refractivity contribution is 5.90. The fourth-order valence-electron chi connectivity index (χ4n) is 3.65. The summed E-state index contributed by atoms with van der Waals surface area (Å²) >= 11 is 0. The summed E-state index contributed by atoms with van der Waals surface area (Å²) in [5.74, 6) is -2.30.